The zero-order valence-electron chi connectivity index (χ0n) is 15.4. The quantitative estimate of drug-likeness (QED) is 0.570. The smallest absolute Gasteiger partial charge is 0.272 e. The lowest BCUT2D eigenvalue weighted by Gasteiger charge is -2.07. The summed E-state index contributed by atoms with van der Waals surface area (Å²) in [5.74, 6) is -0.427. The number of H-pyrrole nitrogens is 1. The van der Waals surface area contributed by atoms with E-state index in [4.69, 9.17) is 0 Å². The van der Waals surface area contributed by atoms with Crippen LogP contribution in [0.5, 0.6) is 0 Å². The molecule has 140 valence electrons. The molecule has 1 aromatic heterocycles. The van der Waals surface area contributed by atoms with Gasteiger partial charge in [-0.05, 0) is 36.6 Å². The average molecular weight is 364 g/mol. The first-order valence-electron chi connectivity index (χ1n) is 9.27. The maximum absolute atomic E-state index is 12.3. The molecule has 3 aromatic rings. The van der Waals surface area contributed by atoms with Crippen LogP contribution in [0.4, 0.5) is 5.69 Å². The molecule has 3 rings (SSSR count). The topological polar surface area (TPSA) is 86.9 Å². The van der Waals surface area contributed by atoms with Crippen molar-refractivity contribution in [3.63, 3.8) is 0 Å². The summed E-state index contributed by atoms with van der Waals surface area (Å²) < 4.78 is 0. The third-order valence-corrected chi connectivity index (χ3v) is 4.38. The summed E-state index contributed by atoms with van der Waals surface area (Å²) in [7, 11) is 0. The van der Waals surface area contributed by atoms with Crippen molar-refractivity contribution in [3.8, 4) is 0 Å². The Bertz CT molecular complexity index is 915. The fraction of sp³-hybridized carbons (Fsp3) is 0.286. The van der Waals surface area contributed by atoms with E-state index in [1.54, 1.807) is 0 Å². The molecule has 27 heavy (non-hydrogen) atoms. The van der Waals surface area contributed by atoms with Gasteiger partial charge >= 0.3 is 0 Å². The van der Waals surface area contributed by atoms with Gasteiger partial charge in [0.05, 0.1) is 5.52 Å². The second-order valence-corrected chi connectivity index (χ2v) is 6.47. The maximum atomic E-state index is 12.3. The molecule has 0 aliphatic heterocycles. The van der Waals surface area contributed by atoms with Crippen molar-refractivity contribution in [1.29, 1.82) is 0 Å². The summed E-state index contributed by atoms with van der Waals surface area (Å²) in [5.41, 5.74) is 3.19. The molecule has 0 fully saturated rings. The van der Waals surface area contributed by atoms with Gasteiger partial charge in [-0.15, -0.1) is 0 Å². The Morgan fingerprint density at radius 3 is 2.63 bits per heavy atom. The molecule has 0 saturated heterocycles. The molecular formula is C21H24N4O2. The Balaban J connectivity index is 1.46. The highest BCUT2D eigenvalue weighted by Crippen LogP contribution is 2.15. The van der Waals surface area contributed by atoms with Gasteiger partial charge in [-0.2, -0.15) is 5.10 Å². The van der Waals surface area contributed by atoms with Crippen molar-refractivity contribution in [3.05, 3.63) is 59.8 Å². The van der Waals surface area contributed by atoms with Crippen LogP contribution in [0.3, 0.4) is 0 Å². The number of amides is 2. The lowest BCUT2D eigenvalue weighted by atomic mass is 10.1. The lowest BCUT2D eigenvalue weighted by molar-refractivity contribution is -0.116. The average Bonchev–Trinajstić information content (AvgIpc) is 3.11. The number of rotatable bonds is 8. The number of aryl methyl sites for hydroxylation is 1. The molecule has 6 heteroatoms. The van der Waals surface area contributed by atoms with E-state index < -0.39 is 0 Å². The number of benzene rings is 2. The molecule has 1 heterocycles. The monoisotopic (exact) mass is 364 g/mol. The van der Waals surface area contributed by atoms with Gasteiger partial charge in [-0.1, -0.05) is 43.7 Å². The number of hydrogen-bond donors (Lipinski definition) is 3. The van der Waals surface area contributed by atoms with E-state index >= 15 is 0 Å². The Hall–Kier alpha value is -3.15. The fourth-order valence-electron chi connectivity index (χ4n) is 2.87. The van der Waals surface area contributed by atoms with Gasteiger partial charge < -0.3 is 10.6 Å². The van der Waals surface area contributed by atoms with Crippen molar-refractivity contribution in [2.45, 2.75) is 32.6 Å². The second-order valence-electron chi connectivity index (χ2n) is 6.47. The van der Waals surface area contributed by atoms with E-state index in [0.717, 1.165) is 35.9 Å². The molecular weight excluding hydrogens is 340 g/mol. The number of carbonyl (C=O) groups excluding carboxylic acids is 2. The van der Waals surface area contributed by atoms with Crippen LogP contribution in [-0.2, 0) is 11.2 Å². The van der Waals surface area contributed by atoms with Crippen LogP contribution < -0.4 is 10.6 Å². The highest BCUT2D eigenvalue weighted by atomic mass is 16.2. The Labute approximate surface area is 158 Å². The standard InChI is InChI=1S/C21H24N4O2/c1-2-3-6-15-9-11-16(12-10-15)23-19(26)13-14-22-21(27)20-17-7-4-5-8-18(17)24-25-20/h4-5,7-12H,2-3,6,13-14H2,1H3,(H,22,27)(H,23,26)(H,24,25). The van der Waals surface area contributed by atoms with Crippen molar-refractivity contribution < 1.29 is 9.59 Å². The van der Waals surface area contributed by atoms with Gasteiger partial charge in [0.2, 0.25) is 5.91 Å². The van der Waals surface area contributed by atoms with Crippen LogP contribution in [0.25, 0.3) is 10.9 Å². The Kier molecular flexibility index (Phi) is 6.20. The summed E-state index contributed by atoms with van der Waals surface area (Å²) in [5, 5.41) is 13.2. The van der Waals surface area contributed by atoms with E-state index in [1.807, 2.05) is 48.5 Å². The van der Waals surface area contributed by atoms with E-state index in [9.17, 15) is 9.59 Å². The molecule has 3 N–H and O–H groups in total. The van der Waals surface area contributed by atoms with Crippen LogP contribution >= 0.6 is 0 Å². The van der Waals surface area contributed by atoms with Gasteiger partial charge in [0.15, 0.2) is 5.69 Å². The highest BCUT2D eigenvalue weighted by Gasteiger charge is 2.13. The third-order valence-electron chi connectivity index (χ3n) is 4.38. The van der Waals surface area contributed by atoms with Crippen LogP contribution in [0.2, 0.25) is 0 Å². The molecule has 0 unspecified atom stereocenters. The maximum Gasteiger partial charge on any atom is 0.272 e. The zero-order chi connectivity index (χ0) is 19.1. The SMILES string of the molecule is CCCCc1ccc(NC(=O)CCNC(=O)c2n[nH]c3ccccc23)cc1. The van der Waals surface area contributed by atoms with Gasteiger partial charge in [0, 0.05) is 24.0 Å². The van der Waals surface area contributed by atoms with Gasteiger partial charge in [-0.3, -0.25) is 14.7 Å². The number of fused-ring (bicyclic) bond motifs is 1. The molecule has 2 amide bonds. The molecule has 2 aromatic carbocycles. The summed E-state index contributed by atoms with van der Waals surface area (Å²) in [6, 6.07) is 15.3. The number of carbonyl (C=O) groups is 2. The molecule has 6 nitrogen and oxygen atoms in total. The summed E-state index contributed by atoms with van der Waals surface area (Å²) >= 11 is 0. The highest BCUT2D eigenvalue weighted by molar-refractivity contribution is 6.04. The van der Waals surface area contributed by atoms with Crippen molar-refractivity contribution in [1.82, 2.24) is 15.5 Å². The van der Waals surface area contributed by atoms with E-state index in [0.29, 0.717) is 5.69 Å². The predicted molar refractivity (Wildman–Crippen MR) is 107 cm³/mol. The van der Waals surface area contributed by atoms with Crippen LogP contribution in [0.15, 0.2) is 48.5 Å². The molecule has 0 atom stereocenters. The van der Waals surface area contributed by atoms with E-state index in [1.165, 1.54) is 5.56 Å². The number of nitrogens with one attached hydrogen (secondary N) is 3. The molecule has 0 bridgehead atoms. The van der Waals surface area contributed by atoms with Gasteiger partial charge in [0.1, 0.15) is 0 Å². The third kappa shape index (κ3) is 4.94. The molecule has 0 aliphatic carbocycles. The molecule has 0 radical (unpaired) electrons. The predicted octanol–water partition coefficient (Wildman–Crippen LogP) is 3.66. The Morgan fingerprint density at radius 2 is 1.85 bits per heavy atom. The number of aromatic amines is 1. The number of aromatic nitrogens is 2. The first-order valence-corrected chi connectivity index (χ1v) is 9.27. The lowest BCUT2D eigenvalue weighted by Crippen LogP contribution is -2.28. The number of unbranched alkanes of at least 4 members (excludes halogenated alkanes) is 1. The number of anilines is 1. The van der Waals surface area contributed by atoms with Gasteiger partial charge in [0.25, 0.3) is 5.91 Å². The molecule has 0 spiro atoms. The number of hydrogen-bond acceptors (Lipinski definition) is 3. The van der Waals surface area contributed by atoms with Gasteiger partial charge in [-0.25, -0.2) is 0 Å². The Morgan fingerprint density at radius 1 is 1.07 bits per heavy atom. The first-order chi connectivity index (χ1) is 13.2. The zero-order valence-corrected chi connectivity index (χ0v) is 15.4. The van der Waals surface area contributed by atoms with Crippen LogP contribution in [0.1, 0.15) is 42.2 Å². The van der Waals surface area contributed by atoms with Crippen molar-refractivity contribution in [2.24, 2.45) is 0 Å². The van der Waals surface area contributed by atoms with E-state index in [2.05, 4.69) is 27.8 Å². The first kappa shape index (κ1) is 18.6. The van der Waals surface area contributed by atoms with Crippen molar-refractivity contribution in [2.75, 3.05) is 11.9 Å². The molecule has 0 aliphatic rings. The summed E-state index contributed by atoms with van der Waals surface area (Å²) in [4.78, 5) is 24.3. The van der Waals surface area contributed by atoms with Crippen molar-refractivity contribution >= 4 is 28.4 Å². The fourth-order valence-corrected chi connectivity index (χ4v) is 2.87. The second kappa shape index (κ2) is 8.98. The normalized spacial score (nSPS) is 10.7. The van der Waals surface area contributed by atoms with Crippen LogP contribution in [0, 0.1) is 0 Å². The number of nitrogens with zero attached hydrogens (tertiary/aromatic N) is 1. The summed E-state index contributed by atoms with van der Waals surface area (Å²) in [6.07, 6.45) is 3.58. The minimum absolute atomic E-state index is 0.136. The minimum Gasteiger partial charge on any atom is -0.350 e. The molecule has 0 saturated carbocycles. The van der Waals surface area contributed by atoms with E-state index in [-0.39, 0.29) is 24.8 Å². The minimum atomic E-state index is -0.291. The largest absolute Gasteiger partial charge is 0.350 e. The number of para-hydroxylation sites is 1. The summed E-state index contributed by atoms with van der Waals surface area (Å²) in [6.45, 7) is 2.42. The van der Waals surface area contributed by atoms with Crippen LogP contribution in [-0.4, -0.2) is 28.6 Å².